The Labute approximate surface area is 210 Å². The molecule has 0 aliphatic carbocycles. The first-order valence-corrected chi connectivity index (χ1v) is 12.4. The highest BCUT2D eigenvalue weighted by molar-refractivity contribution is 8.18. The molecule has 0 atom stereocenters. The van der Waals surface area contributed by atoms with Gasteiger partial charge in [0.05, 0.1) is 4.91 Å². The fourth-order valence-corrected chi connectivity index (χ4v) is 5.22. The number of carbonyl (C=O) groups excluding carboxylic acids is 4. The second-order valence-electron chi connectivity index (χ2n) is 8.64. The van der Waals surface area contributed by atoms with Crippen LogP contribution in [0.1, 0.15) is 18.4 Å². The number of rotatable bonds is 6. The van der Waals surface area contributed by atoms with Gasteiger partial charge in [-0.2, -0.15) is 0 Å². The van der Waals surface area contributed by atoms with Gasteiger partial charge in [-0.05, 0) is 61.0 Å². The normalized spacial score (nSPS) is 17.0. The van der Waals surface area contributed by atoms with E-state index in [0.29, 0.717) is 24.3 Å². The molecule has 10 heteroatoms. The SMILES string of the molecule is O=C(Cn1cc(/C=C2\SC(=O)N(CC(=O)N3CCCC3)C2=O)c2ccccc21)Nc1ccc(F)cc1. The van der Waals surface area contributed by atoms with Crippen LogP contribution >= 0.6 is 11.8 Å². The lowest BCUT2D eigenvalue weighted by Crippen LogP contribution is -2.40. The van der Waals surface area contributed by atoms with E-state index < -0.39 is 11.1 Å². The first-order valence-electron chi connectivity index (χ1n) is 11.6. The Morgan fingerprint density at radius 3 is 2.47 bits per heavy atom. The minimum atomic E-state index is -0.497. The molecule has 8 nitrogen and oxygen atoms in total. The molecule has 0 bridgehead atoms. The number of hydrogen-bond donors (Lipinski definition) is 1. The number of nitrogens with zero attached hydrogens (tertiary/aromatic N) is 3. The highest BCUT2D eigenvalue weighted by Gasteiger charge is 2.37. The average Bonchev–Trinajstić information content (AvgIpc) is 3.58. The van der Waals surface area contributed by atoms with Gasteiger partial charge in [0.15, 0.2) is 0 Å². The summed E-state index contributed by atoms with van der Waals surface area (Å²) < 4.78 is 14.9. The van der Waals surface area contributed by atoms with Crippen LogP contribution in [0.25, 0.3) is 17.0 Å². The van der Waals surface area contributed by atoms with Gasteiger partial charge >= 0.3 is 0 Å². The van der Waals surface area contributed by atoms with Gasteiger partial charge in [0, 0.05) is 41.4 Å². The lowest BCUT2D eigenvalue weighted by atomic mass is 10.1. The maximum atomic E-state index is 13.1. The lowest BCUT2D eigenvalue weighted by Gasteiger charge is -2.18. The lowest BCUT2D eigenvalue weighted by molar-refractivity contribution is -0.135. The van der Waals surface area contributed by atoms with Gasteiger partial charge in [0.25, 0.3) is 11.1 Å². The summed E-state index contributed by atoms with van der Waals surface area (Å²) in [5.74, 6) is -1.41. The van der Waals surface area contributed by atoms with Gasteiger partial charge in [0.1, 0.15) is 18.9 Å². The van der Waals surface area contributed by atoms with E-state index in [4.69, 9.17) is 0 Å². The van der Waals surface area contributed by atoms with Crippen LogP contribution in [0, 0.1) is 5.82 Å². The number of carbonyl (C=O) groups is 4. The summed E-state index contributed by atoms with van der Waals surface area (Å²) in [7, 11) is 0. The van der Waals surface area contributed by atoms with Gasteiger partial charge < -0.3 is 14.8 Å². The van der Waals surface area contributed by atoms with E-state index in [1.54, 1.807) is 21.7 Å². The van der Waals surface area contributed by atoms with E-state index in [1.165, 1.54) is 24.3 Å². The molecule has 0 unspecified atom stereocenters. The number of imide groups is 1. The number of nitrogens with one attached hydrogen (secondary N) is 1. The van der Waals surface area contributed by atoms with E-state index in [2.05, 4.69) is 5.32 Å². The van der Waals surface area contributed by atoms with Crippen molar-refractivity contribution in [2.24, 2.45) is 0 Å². The number of anilines is 1. The Bertz CT molecular complexity index is 1390. The molecule has 3 heterocycles. The highest BCUT2D eigenvalue weighted by atomic mass is 32.2. The number of halogens is 1. The summed E-state index contributed by atoms with van der Waals surface area (Å²) in [6.45, 7) is 1.04. The summed E-state index contributed by atoms with van der Waals surface area (Å²) in [5, 5.41) is 3.08. The molecule has 2 aliphatic heterocycles. The van der Waals surface area contributed by atoms with Crippen molar-refractivity contribution < 1.29 is 23.6 Å². The van der Waals surface area contributed by atoms with Crippen molar-refractivity contribution in [3.63, 3.8) is 0 Å². The molecule has 0 spiro atoms. The molecule has 2 saturated heterocycles. The van der Waals surface area contributed by atoms with E-state index in [0.717, 1.165) is 40.4 Å². The number of benzene rings is 2. The summed E-state index contributed by atoms with van der Waals surface area (Å²) >= 11 is 0.804. The number of thioether (sulfide) groups is 1. The van der Waals surface area contributed by atoms with Crippen LogP contribution < -0.4 is 5.32 Å². The van der Waals surface area contributed by atoms with Gasteiger partial charge in [-0.15, -0.1) is 0 Å². The Hall–Kier alpha value is -3.92. The zero-order valence-corrected chi connectivity index (χ0v) is 20.1. The third-order valence-corrected chi connectivity index (χ3v) is 7.08. The van der Waals surface area contributed by atoms with Crippen LogP contribution in [0.5, 0.6) is 0 Å². The zero-order chi connectivity index (χ0) is 25.2. The number of hydrogen-bond acceptors (Lipinski definition) is 5. The van der Waals surface area contributed by atoms with Crippen LogP contribution in [-0.2, 0) is 20.9 Å². The van der Waals surface area contributed by atoms with Gasteiger partial charge in [-0.3, -0.25) is 24.1 Å². The molecule has 0 radical (unpaired) electrons. The predicted molar refractivity (Wildman–Crippen MR) is 135 cm³/mol. The minimum Gasteiger partial charge on any atom is -0.341 e. The fraction of sp³-hybridized carbons (Fsp3) is 0.231. The Morgan fingerprint density at radius 1 is 1.00 bits per heavy atom. The van der Waals surface area contributed by atoms with Gasteiger partial charge in [-0.25, -0.2) is 4.39 Å². The molecule has 5 rings (SSSR count). The average molecular weight is 507 g/mol. The van der Waals surface area contributed by atoms with E-state index >= 15 is 0 Å². The Balaban J connectivity index is 1.35. The molecule has 2 aromatic carbocycles. The van der Waals surface area contributed by atoms with Crippen LogP contribution in [0.3, 0.4) is 0 Å². The van der Waals surface area contributed by atoms with Crippen LogP contribution in [0.15, 0.2) is 59.6 Å². The third kappa shape index (κ3) is 4.90. The molecule has 3 aromatic rings. The number of fused-ring (bicyclic) bond motifs is 1. The summed E-state index contributed by atoms with van der Waals surface area (Å²) in [4.78, 5) is 53.5. The van der Waals surface area contributed by atoms with E-state index in [-0.39, 0.29) is 35.6 Å². The Morgan fingerprint density at radius 2 is 1.72 bits per heavy atom. The molecule has 1 aromatic heterocycles. The predicted octanol–water partition coefficient (Wildman–Crippen LogP) is 4.08. The molecule has 36 heavy (non-hydrogen) atoms. The topological polar surface area (TPSA) is 91.7 Å². The molecule has 4 amide bonds. The molecule has 0 saturated carbocycles. The Kier molecular flexibility index (Phi) is 6.60. The number of amides is 4. The van der Waals surface area contributed by atoms with Crippen molar-refractivity contribution in [2.45, 2.75) is 19.4 Å². The molecular weight excluding hydrogens is 483 g/mol. The van der Waals surface area contributed by atoms with E-state index in [1.807, 2.05) is 24.3 Å². The minimum absolute atomic E-state index is 0.00244. The second-order valence-corrected chi connectivity index (χ2v) is 9.63. The van der Waals surface area contributed by atoms with E-state index in [9.17, 15) is 23.6 Å². The third-order valence-electron chi connectivity index (χ3n) is 6.17. The van der Waals surface area contributed by atoms with Crippen LogP contribution in [-0.4, -0.2) is 57.0 Å². The van der Waals surface area contributed by atoms with Crippen molar-refractivity contribution in [2.75, 3.05) is 25.0 Å². The van der Waals surface area contributed by atoms with Gasteiger partial charge in [-0.1, -0.05) is 18.2 Å². The standard InChI is InChI=1S/C26H23FN4O4S/c27-18-7-9-19(10-8-18)28-23(32)15-30-14-17(20-5-1-2-6-21(20)30)13-22-25(34)31(26(35)36-22)16-24(33)29-11-3-4-12-29/h1-2,5-10,13-14H,3-4,11-12,15-16H2,(H,28,32)/b22-13-. The molecule has 184 valence electrons. The van der Waals surface area contributed by atoms with Gasteiger partial charge in [0.2, 0.25) is 11.8 Å². The summed E-state index contributed by atoms with van der Waals surface area (Å²) in [6, 6.07) is 12.9. The smallest absolute Gasteiger partial charge is 0.294 e. The maximum absolute atomic E-state index is 13.1. The highest BCUT2D eigenvalue weighted by Crippen LogP contribution is 2.34. The summed E-state index contributed by atoms with van der Waals surface area (Å²) in [6.07, 6.45) is 5.24. The molecule has 1 N–H and O–H groups in total. The van der Waals surface area contributed by atoms with Crippen molar-refractivity contribution in [3.05, 3.63) is 71.0 Å². The summed E-state index contributed by atoms with van der Waals surface area (Å²) in [5.41, 5.74) is 1.94. The maximum Gasteiger partial charge on any atom is 0.294 e. The number of para-hydroxylation sites is 1. The quantitative estimate of drug-likeness (QED) is 0.509. The largest absolute Gasteiger partial charge is 0.341 e. The van der Waals surface area contributed by atoms with Crippen molar-refractivity contribution in [1.82, 2.24) is 14.4 Å². The number of aromatic nitrogens is 1. The molecule has 2 fully saturated rings. The number of likely N-dealkylation sites (tertiary alicyclic amines) is 1. The van der Waals surface area contributed by atoms with Crippen molar-refractivity contribution >= 4 is 57.4 Å². The molecule has 2 aliphatic rings. The van der Waals surface area contributed by atoms with Crippen LogP contribution in [0.2, 0.25) is 0 Å². The molecular formula is C26H23FN4O4S. The zero-order valence-electron chi connectivity index (χ0n) is 19.3. The monoisotopic (exact) mass is 506 g/mol. The van der Waals surface area contributed by atoms with Crippen molar-refractivity contribution in [3.8, 4) is 0 Å². The first kappa shape index (κ1) is 23.8. The first-order chi connectivity index (χ1) is 17.4. The van der Waals surface area contributed by atoms with Crippen molar-refractivity contribution in [1.29, 1.82) is 0 Å². The second kappa shape index (κ2) is 9.98. The van der Waals surface area contributed by atoms with Crippen LogP contribution in [0.4, 0.5) is 14.9 Å². The fourth-order valence-electron chi connectivity index (χ4n) is 4.39.